The first kappa shape index (κ1) is 14.6. The third kappa shape index (κ3) is 3.38. The van der Waals surface area contributed by atoms with Crippen LogP contribution in [0.1, 0.15) is 28.3 Å². The van der Waals surface area contributed by atoms with E-state index in [1.807, 2.05) is 43.3 Å². The van der Waals surface area contributed by atoms with E-state index in [9.17, 15) is 0 Å². The van der Waals surface area contributed by atoms with Crippen LogP contribution in [0.2, 0.25) is 0 Å². The van der Waals surface area contributed by atoms with E-state index in [0.29, 0.717) is 5.56 Å². The van der Waals surface area contributed by atoms with E-state index in [2.05, 4.69) is 11.2 Å². The van der Waals surface area contributed by atoms with Crippen LogP contribution in [0.4, 0.5) is 0 Å². The number of nitrogens with zero attached hydrogens (tertiary/aromatic N) is 3. The Labute approximate surface area is 124 Å². The van der Waals surface area contributed by atoms with E-state index in [4.69, 9.17) is 16.8 Å². The molecule has 1 unspecified atom stereocenters. The van der Waals surface area contributed by atoms with Crippen LogP contribution >= 0.6 is 0 Å². The maximum atomic E-state index is 8.88. The molecule has 4 N–H and O–H groups in total. The molecule has 2 aromatic rings. The van der Waals surface area contributed by atoms with Gasteiger partial charge in [-0.05, 0) is 30.2 Å². The van der Waals surface area contributed by atoms with E-state index < -0.39 is 0 Å². The van der Waals surface area contributed by atoms with Gasteiger partial charge in [0.1, 0.15) is 12.4 Å². The van der Waals surface area contributed by atoms with Crippen LogP contribution in [-0.2, 0) is 0 Å². The van der Waals surface area contributed by atoms with Crippen molar-refractivity contribution in [1.29, 1.82) is 5.26 Å². The van der Waals surface area contributed by atoms with E-state index in [1.54, 1.807) is 12.1 Å². The summed E-state index contributed by atoms with van der Waals surface area (Å²) in [5, 5.41) is 14.1. The van der Waals surface area contributed by atoms with Crippen molar-refractivity contribution < 1.29 is 0 Å². The molecule has 0 aliphatic carbocycles. The SMILES string of the molecule is Cc1ccc(C(c2ccc(C#N)cc2)N(N)/N=C\N)cc1. The summed E-state index contributed by atoms with van der Waals surface area (Å²) < 4.78 is 0. The molecule has 0 heterocycles. The Bertz CT molecular complexity index is 653. The van der Waals surface area contributed by atoms with Gasteiger partial charge < -0.3 is 5.73 Å². The van der Waals surface area contributed by atoms with Gasteiger partial charge in [-0.3, -0.25) is 0 Å². The number of hydrogen-bond donors (Lipinski definition) is 2. The van der Waals surface area contributed by atoms with Gasteiger partial charge in [0.2, 0.25) is 0 Å². The molecule has 0 aromatic heterocycles. The minimum Gasteiger partial charge on any atom is -0.388 e. The van der Waals surface area contributed by atoms with Crippen LogP contribution in [0.5, 0.6) is 0 Å². The Morgan fingerprint density at radius 1 is 1.10 bits per heavy atom. The molecular weight excluding hydrogens is 262 g/mol. The van der Waals surface area contributed by atoms with Gasteiger partial charge in [-0.1, -0.05) is 42.0 Å². The van der Waals surface area contributed by atoms with E-state index in [1.165, 1.54) is 10.7 Å². The normalized spacial score (nSPS) is 12.0. The second kappa shape index (κ2) is 6.55. The molecule has 0 fully saturated rings. The summed E-state index contributed by atoms with van der Waals surface area (Å²) in [6, 6.07) is 17.1. The van der Waals surface area contributed by atoms with Gasteiger partial charge in [0.05, 0.1) is 11.6 Å². The number of aryl methyl sites for hydroxylation is 1. The highest BCUT2D eigenvalue weighted by atomic mass is 15.6. The minimum atomic E-state index is -0.266. The number of nitriles is 1. The summed E-state index contributed by atoms with van der Waals surface area (Å²) in [5.74, 6) is 5.99. The fraction of sp³-hybridized carbons (Fsp3) is 0.125. The van der Waals surface area contributed by atoms with Crippen molar-refractivity contribution in [2.45, 2.75) is 13.0 Å². The molecule has 2 rings (SSSR count). The molecule has 0 amide bonds. The summed E-state index contributed by atoms with van der Waals surface area (Å²) in [6.45, 7) is 2.03. The van der Waals surface area contributed by atoms with Crippen LogP contribution in [0.3, 0.4) is 0 Å². The molecule has 0 spiro atoms. The number of rotatable bonds is 4. The molecule has 21 heavy (non-hydrogen) atoms. The molecule has 0 saturated carbocycles. The molecule has 0 bridgehead atoms. The van der Waals surface area contributed by atoms with Crippen molar-refractivity contribution >= 4 is 6.34 Å². The van der Waals surface area contributed by atoms with E-state index in [-0.39, 0.29) is 6.04 Å². The van der Waals surface area contributed by atoms with Gasteiger partial charge in [0.25, 0.3) is 0 Å². The van der Waals surface area contributed by atoms with Crippen molar-refractivity contribution in [3.05, 3.63) is 70.8 Å². The highest BCUT2D eigenvalue weighted by Crippen LogP contribution is 2.27. The molecule has 5 nitrogen and oxygen atoms in total. The average molecular weight is 279 g/mol. The lowest BCUT2D eigenvalue weighted by Gasteiger charge is -2.25. The summed E-state index contributed by atoms with van der Waals surface area (Å²) in [4.78, 5) is 0. The molecule has 5 heteroatoms. The Morgan fingerprint density at radius 3 is 2.10 bits per heavy atom. The summed E-state index contributed by atoms with van der Waals surface area (Å²) in [7, 11) is 0. The molecule has 106 valence electrons. The number of nitrogens with two attached hydrogens (primary N) is 2. The number of hydrazine groups is 1. The maximum absolute atomic E-state index is 8.88. The van der Waals surface area contributed by atoms with Gasteiger partial charge in [-0.15, -0.1) is 0 Å². The number of hydrogen-bond acceptors (Lipinski definition) is 4. The molecule has 0 saturated heterocycles. The zero-order chi connectivity index (χ0) is 15.2. The first-order valence-electron chi connectivity index (χ1n) is 6.50. The Morgan fingerprint density at radius 2 is 1.62 bits per heavy atom. The van der Waals surface area contributed by atoms with Gasteiger partial charge >= 0.3 is 0 Å². The van der Waals surface area contributed by atoms with Gasteiger partial charge in [-0.2, -0.15) is 10.4 Å². The lowest BCUT2D eigenvalue weighted by atomic mass is 9.97. The lowest BCUT2D eigenvalue weighted by molar-refractivity contribution is 0.245. The van der Waals surface area contributed by atoms with Crippen molar-refractivity contribution in [1.82, 2.24) is 5.12 Å². The second-order valence-corrected chi connectivity index (χ2v) is 4.69. The third-order valence-electron chi connectivity index (χ3n) is 3.21. The zero-order valence-corrected chi connectivity index (χ0v) is 11.8. The molecular formula is C16H17N5. The number of benzene rings is 2. The Balaban J connectivity index is 2.44. The second-order valence-electron chi connectivity index (χ2n) is 4.69. The van der Waals surface area contributed by atoms with Crippen molar-refractivity contribution in [2.24, 2.45) is 16.7 Å². The highest BCUT2D eigenvalue weighted by Gasteiger charge is 2.19. The average Bonchev–Trinajstić information content (AvgIpc) is 2.50. The highest BCUT2D eigenvalue weighted by molar-refractivity contribution is 5.50. The fourth-order valence-electron chi connectivity index (χ4n) is 2.13. The van der Waals surface area contributed by atoms with Crippen molar-refractivity contribution in [3.63, 3.8) is 0 Å². The summed E-state index contributed by atoms with van der Waals surface area (Å²) in [5.41, 5.74) is 9.04. The largest absolute Gasteiger partial charge is 0.388 e. The first-order valence-corrected chi connectivity index (χ1v) is 6.50. The minimum absolute atomic E-state index is 0.266. The monoisotopic (exact) mass is 279 g/mol. The van der Waals surface area contributed by atoms with E-state index >= 15 is 0 Å². The molecule has 0 aliphatic rings. The van der Waals surface area contributed by atoms with Gasteiger partial charge in [0, 0.05) is 0 Å². The smallest absolute Gasteiger partial charge is 0.114 e. The van der Waals surface area contributed by atoms with E-state index in [0.717, 1.165) is 17.5 Å². The van der Waals surface area contributed by atoms with Crippen LogP contribution in [0, 0.1) is 18.3 Å². The van der Waals surface area contributed by atoms with Crippen molar-refractivity contribution in [3.8, 4) is 6.07 Å². The quantitative estimate of drug-likeness (QED) is 0.388. The third-order valence-corrected chi connectivity index (χ3v) is 3.21. The van der Waals surface area contributed by atoms with Gasteiger partial charge in [-0.25, -0.2) is 11.0 Å². The molecule has 2 aromatic carbocycles. The predicted molar refractivity (Wildman–Crippen MR) is 82.9 cm³/mol. The predicted octanol–water partition coefficient (Wildman–Crippen LogP) is 2.03. The van der Waals surface area contributed by atoms with Crippen LogP contribution in [-0.4, -0.2) is 11.5 Å². The summed E-state index contributed by atoms with van der Waals surface area (Å²) in [6.07, 6.45) is 1.16. The molecule has 0 radical (unpaired) electrons. The van der Waals surface area contributed by atoms with Crippen LogP contribution < -0.4 is 11.6 Å². The molecule has 1 atom stereocenters. The lowest BCUT2D eigenvalue weighted by Crippen LogP contribution is -2.31. The van der Waals surface area contributed by atoms with Crippen molar-refractivity contribution in [2.75, 3.05) is 0 Å². The Hall–Kier alpha value is -2.84. The molecule has 0 aliphatic heterocycles. The topological polar surface area (TPSA) is 91.4 Å². The zero-order valence-electron chi connectivity index (χ0n) is 11.8. The maximum Gasteiger partial charge on any atom is 0.114 e. The number of hydrazone groups is 1. The summed E-state index contributed by atoms with van der Waals surface area (Å²) >= 11 is 0. The standard InChI is InChI=1S/C16H17N5/c1-12-2-6-14(7-3-12)16(21(19)20-11-18)15-8-4-13(10-17)5-9-15/h2-9,11,16H,19H2,1H3,(H2,18,20). The Kier molecular flexibility index (Phi) is 4.54. The first-order chi connectivity index (χ1) is 10.2. The van der Waals surface area contributed by atoms with Gasteiger partial charge in [0.15, 0.2) is 0 Å². The van der Waals surface area contributed by atoms with Crippen LogP contribution in [0.25, 0.3) is 0 Å². The fourth-order valence-corrected chi connectivity index (χ4v) is 2.13. The van der Waals surface area contributed by atoms with Crippen LogP contribution in [0.15, 0.2) is 53.6 Å².